The second-order valence-electron chi connectivity index (χ2n) is 5.54. The minimum absolute atomic E-state index is 0.244. The summed E-state index contributed by atoms with van der Waals surface area (Å²) < 4.78 is 1.00. The molecule has 1 aromatic heterocycles. The maximum absolute atomic E-state index is 12.2. The molecule has 0 spiro atoms. The average molecular weight is 397 g/mol. The standard InChI is InChI=1S/C19H17BrN4O/c1-13-4-2-3-5-14(13)12-21-19(25)17-10-11-18(24-23-17)22-16-8-6-15(20)7-9-16/h2-11H,12H2,1H3,(H,21,25)(H,22,24). The molecule has 0 saturated carbocycles. The van der Waals surface area contributed by atoms with E-state index >= 15 is 0 Å². The van der Waals surface area contributed by atoms with Gasteiger partial charge in [0, 0.05) is 16.7 Å². The molecule has 25 heavy (non-hydrogen) atoms. The van der Waals surface area contributed by atoms with Gasteiger partial charge in [-0.3, -0.25) is 4.79 Å². The lowest BCUT2D eigenvalue weighted by Gasteiger charge is -2.08. The molecule has 0 aliphatic carbocycles. The molecule has 6 heteroatoms. The quantitative estimate of drug-likeness (QED) is 0.677. The number of carbonyl (C=O) groups is 1. The number of aryl methyl sites for hydroxylation is 1. The minimum atomic E-state index is -0.244. The molecule has 0 saturated heterocycles. The van der Waals surface area contributed by atoms with Crippen LogP contribution in [0.15, 0.2) is 65.1 Å². The van der Waals surface area contributed by atoms with Crippen LogP contribution in [-0.4, -0.2) is 16.1 Å². The number of nitrogens with zero attached hydrogens (tertiary/aromatic N) is 2. The van der Waals surface area contributed by atoms with Crippen LogP contribution < -0.4 is 10.6 Å². The van der Waals surface area contributed by atoms with Gasteiger partial charge in [-0.25, -0.2) is 0 Å². The van der Waals surface area contributed by atoms with E-state index in [4.69, 9.17) is 0 Å². The molecule has 1 heterocycles. The molecule has 0 atom stereocenters. The van der Waals surface area contributed by atoms with Gasteiger partial charge < -0.3 is 10.6 Å². The second-order valence-corrected chi connectivity index (χ2v) is 6.46. The highest BCUT2D eigenvalue weighted by Gasteiger charge is 2.08. The number of carbonyl (C=O) groups excluding carboxylic acids is 1. The molecule has 0 unspecified atom stereocenters. The van der Waals surface area contributed by atoms with Crippen molar-refractivity contribution in [2.24, 2.45) is 0 Å². The van der Waals surface area contributed by atoms with Gasteiger partial charge in [-0.05, 0) is 54.4 Å². The van der Waals surface area contributed by atoms with E-state index in [2.05, 4.69) is 36.8 Å². The first-order chi connectivity index (χ1) is 12.1. The fraction of sp³-hybridized carbons (Fsp3) is 0.105. The number of aromatic nitrogens is 2. The lowest BCUT2D eigenvalue weighted by atomic mass is 10.1. The Morgan fingerprint density at radius 3 is 2.44 bits per heavy atom. The topological polar surface area (TPSA) is 66.9 Å². The van der Waals surface area contributed by atoms with Crippen LogP contribution >= 0.6 is 15.9 Å². The third-order valence-corrected chi connectivity index (χ3v) is 4.24. The Labute approximate surface area is 154 Å². The van der Waals surface area contributed by atoms with Gasteiger partial charge in [0.2, 0.25) is 0 Å². The molecule has 2 N–H and O–H groups in total. The van der Waals surface area contributed by atoms with Crippen LogP contribution in [-0.2, 0) is 6.54 Å². The Morgan fingerprint density at radius 1 is 1.00 bits per heavy atom. The van der Waals surface area contributed by atoms with Gasteiger partial charge in [-0.15, -0.1) is 10.2 Å². The van der Waals surface area contributed by atoms with Crippen LogP contribution in [0.4, 0.5) is 11.5 Å². The van der Waals surface area contributed by atoms with E-state index in [1.165, 1.54) is 0 Å². The monoisotopic (exact) mass is 396 g/mol. The predicted octanol–water partition coefficient (Wildman–Crippen LogP) is 4.22. The number of halogens is 1. The summed E-state index contributed by atoms with van der Waals surface area (Å²) in [5.41, 5.74) is 3.41. The van der Waals surface area contributed by atoms with E-state index in [1.54, 1.807) is 12.1 Å². The van der Waals surface area contributed by atoms with Crippen molar-refractivity contribution in [1.82, 2.24) is 15.5 Å². The van der Waals surface area contributed by atoms with Crippen molar-refractivity contribution in [3.05, 3.63) is 82.0 Å². The van der Waals surface area contributed by atoms with Gasteiger partial charge in [-0.1, -0.05) is 40.2 Å². The summed E-state index contributed by atoms with van der Waals surface area (Å²) in [6.07, 6.45) is 0. The average Bonchev–Trinajstić information content (AvgIpc) is 2.63. The van der Waals surface area contributed by atoms with Crippen LogP contribution in [0.1, 0.15) is 21.6 Å². The molecular formula is C19H17BrN4O. The molecule has 1 amide bonds. The third-order valence-electron chi connectivity index (χ3n) is 3.71. The lowest BCUT2D eigenvalue weighted by Crippen LogP contribution is -2.24. The first-order valence-corrected chi connectivity index (χ1v) is 8.60. The zero-order valence-electron chi connectivity index (χ0n) is 13.7. The number of benzene rings is 2. The first-order valence-electron chi connectivity index (χ1n) is 7.81. The Hall–Kier alpha value is -2.73. The van der Waals surface area contributed by atoms with E-state index in [-0.39, 0.29) is 11.6 Å². The van der Waals surface area contributed by atoms with Gasteiger partial charge in [0.15, 0.2) is 11.5 Å². The summed E-state index contributed by atoms with van der Waals surface area (Å²) in [7, 11) is 0. The van der Waals surface area contributed by atoms with E-state index in [0.717, 1.165) is 21.3 Å². The van der Waals surface area contributed by atoms with Crippen molar-refractivity contribution in [3.63, 3.8) is 0 Å². The van der Waals surface area contributed by atoms with Crippen LogP contribution in [0.2, 0.25) is 0 Å². The van der Waals surface area contributed by atoms with Gasteiger partial charge in [0.1, 0.15) is 0 Å². The summed E-state index contributed by atoms with van der Waals surface area (Å²) >= 11 is 3.39. The van der Waals surface area contributed by atoms with Crippen molar-refractivity contribution in [2.45, 2.75) is 13.5 Å². The number of hydrogen-bond acceptors (Lipinski definition) is 4. The smallest absolute Gasteiger partial charge is 0.272 e. The fourth-order valence-electron chi connectivity index (χ4n) is 2.28. The van der Waals surface area contributed by atoms with E-state index in [0.29, 0.717) is 12.4 Å². The molecule has 3 rings (SSSR count). The third kappa shape index (κ3) is 4.64. The summed E-state index contributed by atoms with van der Waals surface area (Å²) in [6.45, 7) is 2.48. The highest BCUT2D eigenvalue weighted by molar-refractivity contribution is 9.10. The zero-order chi connectivity index (χ0) is 17.6. The molecule has 0 fully saturated rings. The summed E-state index contributed by atoms with van der Waals surface area (Å²) in [6, 6.07) is 19.0. The molecule has 0 radical (unpaired) electrons. The number of hydrogen-bond donors (Lipinski definition) is 2. The van der Waals surface area contributed by atoms with Crippen LogP contribution in [0.25, 0.3) is 0 Å². The number of rotatable bonds is 5. The summed E-state index contributed by atoms with van der Waals surface area (Å²) in [5.74, 6) is 0.337. The number of anilines is 2. The van der Waals surface area contributed by atoms with Gasteiger partial charge in [0.25, 0.3) is 5.91 Å². The molecule has 0 aliphatic heterocycles. The van der Waals surface area contributed by atoms with Gasteiger partial charge >= 0.3 is 0 Å². The molecule has 0 bridgehead atoms. The van der Waals surface area contributed by atoms with E-state index in [1.807, 2.05) is 55.5 Å². The number of nitrogens with one attached hydrogen (secondary N) is 2. The molecule has 2 aromatic carbocycles. The van der Waals surface area contributed by atoms with Crippen molar-refractivity contribution in [1.29, 1.82) is 0 Å². The minimum Gasteiger partial charge on any atom is -0.347 e. The second kappa shape index (κ2) is 7.90. The highest BCUT2D eigenvalue weighted by Crippen LogP contribution is 2.17. The maximum atomic E-state index is 12.2. The molecule has 5 nitrogen and oxygen atoms in total. The number of amides is 1. The van der Waals surface area contributed by atoms with E-state index < -0.39 is 0 Å². The SMILES string of the molecule is Cc1ccccc1CNC(=O)c1ccc(Nc2ccc(Br)cc2)nn1. The van der Waals surface area contributed by atoms with Crippen LogP contribution in [0.5, 0.6) is 0 Å². The predicted molar refractivity (Wildman–Crippen MR) is 102 cm³/mol. The normalized spacial score (nSPS) is 10.3. The van der Waals surface area contributed by atoms with Crippen molar-refractivity contribution in [3.8, 4) is 0 Å². The Kier molecular flexibility index (Phi) is 5.40. The zero-order valence-corrected chi connectivity index (χ0v) is 15.2. The Balaban J connectivity index is 1.60. The van der Waals surface area contributed by atoms with Gasteiger partial charge in [0.05, 0.1) is 0 Å². The molecule has 126 valence electrons. The van der Waals surface area contributed by atoms with Crippen molar-refractivity contribution < 1.29 is 4.79 Å². The van der Waals surface area contributed by atoms with Gasteiger partial charge in [-0.2, -0.15) is 0 Å². The molecule has 0 aliphatic rings. The molecule has 3 aromatic rings. The largest absolute Gasteiger partial charge is 0.347 e. The van der Waals surface area contributed by atoms with Crippen molar-refractivity contribution >= 4 is 33.3 Å². The fourth-order valence-corrected chi connectivity index (χ4v) is 2.54. The Bertz CT molecular complexity index is 863. The first kappa shape index (κ1) is 17.1. The Morgan fingerprint density at radius 2 is 1.76 bits per heavy atom. The van der Waals surface area contributed by atoms with Crippen molar-refractivity contribution in [2.75, 3.05) is 5.32 Å². The van der Waals surface area contributed by atoms with E-state index in [9.17, 15) is 4.79 Å². The van der Waals surface area contributed by atoms with Crippen LogP contribution in [0.3, 0.4) is 0 Å². The maximum Gasteiger partial charge on any atom is 0.272 e. The lowest BCUT2D eigenvalue weighted by molar-refractivity contribution is 0.0945. The summed E-state index contributed by atoms with van der Waals surface area (Å²) in [5, 5.41) is 14.1. The molecular weight excluding hydrogens is 380 g/mol. The van der Waals surface area contributed by atoms with Crippen LogP contribution in [0, 0.1) is 6.92 Å². The summed E-state index contributed by atoms with van der Waals surface area (Å²) in [4.78, 5) is 12.2. The highest BCUT2D eigenvalue weighted by atomic mass is 79.9.